The molecule has 98 valence electrons. The van der Waals surface area contributed by atoms with Gasteiger partial charge in [-0.05, 0) is 30.7 Å². The molecule has 1 aromatic carbocycles. The van der Waals surface area contributed by atoms with Gasteiger partial charge < -0.3 is 5.32 Å². The van der Waals surface area contributed by atoms with Gasteiger partial charge in [-0.1, -0.05) is 33.6 Å². The van der Waals surface area contributed by atoms with Gasteiger partial charge in [0.25, 0.3) is 0 Å². The SMILES string of the molecule is Cc1ccc(Nc2nc(Cl)ccc2[N+](=O)[O-])cc1Br. The normalized spacial score (nSPS) is 10.3. The third kappa shape index (κ3) is 3.21. The zero-order valence-electron chi connectivity index (χ0n) is 9.85. The first-order chi connectivity index (χ1) is 8.97. The second kappa shape index (κ2) is 5.54. The maximum absolute atomic E-state index is 10.9. The fourth-order valence-electron chi connectivity index (χ4n) is 1.47. The molecule has 0 atom stereocenters. The molecule has 0 spiro atoms. The second-order valence-corrected chi connectivity index (χ2v) is 5.09. The van der Waals surface area contributed by atoms with Crippen molar-refractivity contribution in [1.82, 2.24) is 4.98 Å². The van der Waals surface area contributed by atoms with Crippen LogP contribution in [0.4, 0.5) is 17.2 Å². The number of rotatable bonds is 3. The van der Waals surface area contributed by atoms with Crippen LogP contribution in [-0.4, -0.2) is 9.91 Å². The van der Waals surface area contributed by atoms with Gasteiger partial charge in [-0.15, -0.1) is 0 Å². The van der Waals surface area contributed by atoms with Crippen molar-refractivity contribution in [2.45, 2.75) is 6.92 Å². The molecule has 1 aromatic heterocycles. The minimum Gasteiger partial charge on any atom is -0.334 e. The van der Waals surface area contributed by atoms with Crippen LogP contribution in [0.3, 0.4) is 0 Å². The maximum Gasteiger partial charge on any atom is 0.311 e. The van der Waals surface area contributed by atoms with Crippen molar-refractivity contribution in [2.75, 3.05) is 5.32 Å². The first-order valence-electron chi connectivity index (χ1n) is 5.31. The molecule has 2 aromatic rings. The number of anilines is 2. The van der Waals surface area contributed by atoms with E-state index in [2.05, 4.69) is 26.2 Å². The Bertz CT molecular complexity index is 649. The number of hydrogen-bond donors (Lipinski definition) is 1. The number of aromatic nitrogens is 1. The Hall–Kier alpha value is -1.66. The number of aryl methyl sites for hydroxylation is 1. The highest BCUT2D eigenvalue weighted by Crippen LogP contribution is 2.29. The minimum absolute atomic E-state index is 0.119. The predicted octanol–water partition coefficient (Wildman–Crippen LogP) is 4.46. The molecule has 7 heteroatoms. The lowest BCUT2D eigenvalue weighted by atomic mass is 10.2. The molecule has 0 saturated heterocycles. The summed E-state index contributed by atoms with van der Waals surface area (Å²) >= 11 is 9.16. The van der Waals surface area contributed by atoms with Crippen LogP contribution >= 0.6 is 27.5 Å². The van der Waals surface area contributed by atoms with Gasteiger partial charge in [-0.2, -0.15) is 0 Å². The van der Waals surface area contributed by atoms with Crippen LogP contribution in [0, 0.1) is 17.0 Å². The summed E-state index contributed by atoms with van der Waals surface area (Å²) in [4.78, 5) is 14.4. The number of hydrogen-bond acceptors (Lipinski definition) is 4. The molecule has 5 nitrogen and oxygen atoms in total. The maximum atomic E-state index is 10.9. The number of benzene rings is 1. The Balaban J connectivity index is 2.39. The molecule has 0 bridgehead atoms. The molecule has 1 heterocycles. The largest absolute Gasteiger partial charge is 0.334 e. The van der Waals surface area contributed by atoms with Crippen LogP contribution < -0.4 is 5.32 Å². The van der Waals surface area contributed by atoms with Crippen LogP contribution in [0.2, 0.25) is 5.15 Å². The van der Waals surface area contributed by atoms with Crippen LogP contribution in [-0.2, 0) is 0 Å². The summed E-state index contributed by atoms with van der Waals surface area (Å²) in [6.45, 7) is 1.95. The summed E-state index contributed by atoms with van der Waals surface area (Å²) in [6, 6.07) is 8.23. The summed E-state index contributed by atoms with van der Waals surface area (Å²) in [6.07, 6.45) is 0. The summed E-state index contributed by atoms with van der Waals surface area (Å²) in [5, 5.41) is 14.0. The molecule has 0 amide bonds. The van der Waals surface area contributed by atoms with Gasteiger partial charge in [-0.25, -0.2) is 4.98 Å². The number of pyridine rings is 1. The van der Waals surface area contributed by atoms with E-state index < -0.39 is 4.92 Å². The molecule has 0 unspecified atom stereocenters. The minimum atomic E-state index is -0.505. The van der Waals surface area contributed by atoms with Crippen LogP contribution in [0.5, 0.6) is 0 Å². The van der Waals surface area contributed by atoms with E-state index in [1.165, 1.54) is 12.1 Å². The van der Waals surface area contributed by atoms with Crippen molar-refractivity contribution < 1.29 is 4.92 Å². The zero-order chi connectivity index (χ0) is 14.0. The highest BCUT2D eigenvalue weighted by molar-refractivity contribution is 9.10. The van der Waals surface area contributed by atoms with E-state index >= 15 is 0 Å². The number of halogens is 2. The lowest BCUT2D eigenvalue weighted by Gasteiger charge is -2.08. The molecule has 2 rings (SSSR count). The number of nitro groups is 1. The number of nitrogens with zero attached hydrogens (tertiary/aromatic N) is 2. The van der Waals surface area contributed by atoms with Gasteiger partial charge >= 0.3 is 5.69 Å². The third-order valence-electron chi connectivity index (χ3n) is 2.47. The summed E-state index contributed by atoms with van der Waals surface area (Å²) in [7, 11) is 0. The fraction of sp³-hybridized carbons (Fsp3) is 0.0833. The molecule has 0 aliphatic carbocycles. The smallest absolute Gasteiger partial charge is 0.311 e. The first-order valence-corrected chi connectivity index (χ1v) is 6.48. The Morgan fingerprint density at radius 1 is 1.37 bits per heavy atom. The average molecular weight is 343 g/mol. The quantitative estimate of drug-likeness (QED) is 0.508. The van der Waals surface area contributed by atoms with Crippen molar-refractivity contribution in [3.8, 4) is 0 Å². The van der Waals surface area contributed by atoms with Crippen LogP contribution in [0.25, 0.3) is 0 Å². The van der Waals surface area contributed by atoms with E-state index in [1.54, 1.807) is 0 Å². The Morgan fingerprint density at radius 3 is 2.74 bits per heavy atom. The molecule has 0 fully saturated rings. The van der Waals surface area contributed by atoms with Crippen molar-refractivity contribution in [1.29, 1.82) is 0 Å². The van der Waals surface area contributed by atoms with E-state index in [0.717, 1.165) is 10.0 Å². The average Bonchev–Trinajstić information content (AvgIpc) is 2.33. The molecule has 0 saturated carbocycles. The monoisotopic (exact) mass is 341 g/mol. The topological polar surface area (TPSA) is 68.1 Å². The molecule has 0 aliphatic rings. The van der Waals surface area contributed by atoms with E-state index in [1.807, 2.05) is 25.1 Å². The highest BCUT2D eigenvalue weighted by Gasteiger charge is 2.16. The van der Waals surface area contributed by atoms with Gasteiger partial charge in [-0.3, -0.25) is 10.1 Å². The Kier molecular flexibility index (Phi) is 4.01. The highest BCUT2D eigenvalue weighted by atomic mass is 79.9. The second-order valence-electron chi connectivity index (χ2n) is 3.85. The summed E-state index contributed by atoms with van der Waals surface area (Å²) < 4.78 is 0.905. The molecular weight excluding hydrogens is 334 g/mol. The molecule has 0 radical (unpaired) electrons. The summed E-state index contributed by atoms with van der Waals surface area (Å²) in [5.74, 6) is 0.119. The van der Waals surface area contributed by atoms with Gasteiger partial charge in [0, 0.05) is 16.2 Å². The standard InChI is InChI=1S/C12H9BrClN3O2/c1-7-2-3-8(6-9(7)13)15-12-10(17(18)19)4-5-11(14)16-12/h2-6H,1H3,(H,15,16). The van der Waals surface area contributed by atoms with Crippen molar-refractivity contribution >= 4 is 44.7 Å². The van der Waals surface area contributed by atoms with Crippen molar-refractivity contribution in [2.24, 2.45) is 0 Å². The Labute approximate surface area is 122 Å². The third-order valence-corrected chi connectivity index (χ3v) is 3.54. The fourth-order valence-corrected chi connectivity index (χ4v) is 2.00. The van der Waals surface area contributed by atoms with Gasteiger partial charge in [0.05, 0.1) is 4.92 Å². The first kappa shape index (κ1) is 13.8. The molecule has 0 aliphatic heterocycles. The van der Waals surface area contributed by atoms with E-state index in [0.29, 0.717) is 5.69 Å². The number of nitrogens with one attached hydrogen (secondary N) is 1. The van der Waals surface area contributed by atoms with Crippen LogP contribution in [0.1, 0.15) is 5.56 Å². The summed E-state index contributed by atoms with van der Waals surface area (Å²) in [5.41, 5.74) is 1.63. The van der Waals surface area contributed by atoms with Crippen LogP contribution in [0.15, 0.2) is 34.8 Å². The molecular formula is C12H9BrClN3O2. The van der Waals surface area contributed by atoms with Gasteiger partial charge in [0.1, 0.15) is 5.15 Å². The lowest BCUT2D eigenvalue weighted by Crippen LogP contribution is -2.00. The predicted molar refractivity (Wildman–Crippen MR) is 78.1 cm³/mol. The van der Waals surface area contributed by atoms with E-state index in [9.17, 15) is 10.1 Å². The molecule has 1 N–H and O–H groups in total. The zero-order valence-corrected chi connectivity index (χ0v) is 12.2. The Morgan fingerprint density at radius 2 is 2.11 bits per heavy atom. The van der Waals surface area contributed by atoms with Gasteiger partial charge in [0.15, 0.2) is 0 Å². The van der Waals surface area contributed by atoms with E-state index in [-0.39, 0.29) is 16.7 Å². The molecule has 19 heavy (non-hydrogen) atoms. The van der Waals surface area contributed by atoms with E-state index in [4.69, 9.17) is 11.6 Å². The lowest BCUT2D eigenvalue weighted by molar-refractivity contribution is -0.384. The van der Waals surface area contributed by atoms with Gasteiger partial charge in [0.2, 0.25) is 5.82 Å². The van der Waals surface area contributed by atoms with Crippen molar-refractivity contribution in [3.05, 3.63) is 55.6 Å². The van der Waals surface area contributed by atoms with Crippen molar-refractivity contribution in [3.63, 3.8) is 0 Å².